The molecule has 2 heterocycles. The Kier molecular flexibility index (Phi) is 3.71. The smallest absolute Gasteiger partial charge is 0.118 e. The predicted octanol–water partition coefficient (Wildman–Crippen LogP) is 3.75. The SMILES string of the molecule is COc1ccc(C2=NN=C(c3ccccc3)Cn3cccc32)cc1. The second-order valence-corrected chi connectivity index (χ2v) is 5.61. The molecule has 0 aliphatic carbocycles. The first kappa shape index (κ1) is 14.5. The van der Waals surface area contributed by atoms with Gasteiger partial charge in [-0.05, 0) is 42.0 Å². The molecule has 1 aliphatic rings. The molecule has 0 radical (unpaired) electrons. The molecule has 0 spiro atoms. The number of methoxy groups -OCH3 is 1. The van der Waals surface area contributed by atoms with E-state index in [2.05, 4.69) is 39.2 Å². The van der Waals surface area contributed by atoms with E-state index >= 15 is 0 Å². The van der Waals surface area contributed by atoms with E-state index in [4.69, 9.17) is 4.74 Å². The summed E-state index contributed by atoms with van der Waals surface area (Å²) in [4.78, 5) is 0. The van der Waals surface area contributed by atoms with Crippen LogP contribution < -0.4 is 4.74 Å². The van der Waals surface area contributed by atoms with E-state index in [1.54, 1.807) is 7.11 Å². The molecule has 1 aliphatic heterocycles. The summed E-state index contributed by atoms with van der Waals surface area (Å²) in [6.07, 6.45) is 2.07. The third-order valence-corrected chi connectivity index (χ3v) is 4.13. The zero-order valence-electron chi connectivity index (χ0n) is 13.4. The van der Waals surface area contributed by atoms with Crippen molar-refractivity contribution in [2.24, 2.45) is 10.2 Å². The lowest BCUT2D eigenvalue weighted by Crippen LogP contribution is -2.13. The van der Waals surface area contributed by atoms with Gasteiger partial charge in [-0.25, -0.2) is 0 Å². The lowest BCUT2D eigenvalue weighted by atomic mass is 10.1. The van der Waals surface area contributed by atoms with Gasteiger partial charge in [-0.3, -0.25) is 0 Å². The maximum Gasteiger partial charge on any atom is 0.118 e. The highest BCUT2D eigenvalue weighted by atomic mass is 16.5. The number of rotatable bonds is 3. The molecule has 0 fully saturated rings. The summed E-state index contributed by atoms with van der Waals surface area (Å²) < 4.78 is 7.42. The minimum Gasteiger partial charge on any atom is -0.497 e. The van der Waals surface area contributed by atoms with Gasteiger partial charge in [0.1, 0.15) is 11.5 Å². The van der Waals surface area contributed by atoms with Crippen LogP contribution in [0.5, 0.6) is 5.75 Å². The molecule has 0 bridgehead atoms. The average molecular weight is 315 g/mol. The molecule has 2 aromatic carbocycles. The first-order valence-corrected chi connectivity index (χ1v) is 7.85. The largest absolute Gasteiger partial charge is 0.497 e. The van der Waals surface area contributed by atoms with Crippen molar-refractivity contribution in [3.05, 3.63) is 89.7 Å². The van der Waals surface area contributed by atoms with E-state index in [0.717, 1.165) is 34.0 Å². The molecule has 0 amide bonds. The van der Waals surface area contributed by atoms with E-state index in [-0.39, 0.29) is 0 Å². The zero-order valence-corrected chi connectivity index (χ0v) is 13.4. The number of nitrogens with zero attached hydrogens (tertiary/aromatic N) is 3. The Morgan fingerprint density at radius 3 is 2.38 bits per heavy atom. The molecule has 4 rings (SSSR count). The van der Waals surface area contributed by atoms with Crippen LogP contribution >= 0.6 is 0 Å². The van der Waals surface area contributed by atoms with Gasteiger partial charge in [-0.15, -0.1) is 5.10 Å². The zero-order chi connectivity index (χ0) is 16.4. The lowest BCUT2D eigenvalue weighted by Gasteiger charge is -2.09. The van der Waals surface area contributed by atoms with Crippen LogP contribution in [0.3, 0.4) is 0 Å². The molecule has 0 saturated heterocycles. The molecule has 0 N–H and O–H groups in total. The number of benzene rings is 2. The van der Waals surface area contributed by atoms with Crippen molar-refractivity contribution in [1.29, 1.82) is 0 Å². The fourth-order valence-corrected chi connectivity index (χ4v) is 2.86. The molecule has 0 unspecified atom stereocenters. The van der Waals surface area contributed by atoms with Crippen LogP contribution in [0.4, 0.5) is 0 Å². The van der Waals surface area contributed by atoms with Crippen LogP contribution in [0.15, 0.2) is 83.1 Å². The molecular weight excluding hydrogens is 298 g/mol. The van der Waals surface area contributed by atoms with Crippen molar-refractivity contribution in [1.82, 2.24) is 4.57 Å². The molecule has 4 nitrogen and oxygen atoms in total. The third kappa shape index (κ3) is 2.63. The van der Waals surface area contributed by atoms with Crippen LogP contribution in [0.25, 0.3) is 0 Å². The van der Waals surface area contributed by atoms with Gasteiger partial charge in [0.15, 0.2) is 0 Å². The minimum atomic E-state index is 0.704. The van der Waals surface area contributed by atoms with Crippen molar-refractivity contribution in [3.8, 4) is 5.75 Å². The number of fused-ring (bicyclic) bond motifs is 1. The maximum atomic E-state index is 5.24. The normalized spacial score (nSPS) is 13.5. The van der Waals surface area contributed by atoms with E-state index in [9.17, 15) is 0 Å². The standard InChI is InChI=1S/C20H17N3O/c1-24-17-11-9-16(10-12-17)20-19-8-5-13-23(19)14-18(21-22-20)15-6-3-2-4-7-15/h2-13H,14H2,1H3. The van der Waals surface area contributed by atoms with Gasteiger partial charge in [0.2, 0.25) is 0 Å². The molecule has 0 atom stereocenters. The van der Waals surface area contributed by atoms with Gasteiger partial charge in [0, 0.05) is 11.8 Å². The van der Waals surface area contributed by atoms with Crippen molar-refractivity contribution in [2.45, 2.75) is 6.54 Å². The predicted molar refractivity (Wildman–Crippen MR) is 96.0 cm³/mol. The molecule has 0 saturated carbocycles. The maximum absolute atomic E-state index is 5.24. The average Bonchev–Trinajstić information content (AvgIpc) is 3.02. The van der Waals surface area contributed by atoms with Crippen molar-refractivity contribution in [3.63, 3.8) is 0 Å². The summed E-state index contributed by atoms with van der Waals surface area (Å²) in [5.74, 6) is 0.830. The summed E-state index contributed by atoms with van der Waals surface area (Å²) in [6.45, 7) is 0.704. The van der Waals surface area contributed by atoms with Crippen molar-refractivity contribution >= 4 is 11.4 Å². The van der Waals surface area contributed by atoms with Crippen LogP contribution in [-0.4, -0.2) is 23.1 Å². The van der Waals surface area contributed by atoms with Crippen molar-refractivity contribution < 1.29 is 4.74 Å². The first-order valence-electron chi connectivity index (χ1n) is 7.85. The van der Waals surface area contributed by atoms with Gasteiger partial charge in [0.25, 0.3) is 0 Å². The quantitative estimate of drug-likeness (QED) is 0.725. The number of hydrogen-bond acceptors (Lipinski definition) is 3. The van der Waals surface area contributed by atoms with Crippen LogP contribution in [0.2, 0.25) is 0 Å². The summed E-state index contributed by atoms with van der Waals surface area (Å²) in [5, 5.41) is 9.10. The van der Waals surface area contributed by atoms with E-state index < -0.39 is 0 Å². The van der Waals surface area contributed by atoms with Crippen LogP contribution in [0.1, 0.15) is 16.8 Å². The second-order valence-electron chi connectivity index (χ2n) is 5.61. The highest BCUT2D eigenvalue weighted by molar-refractivity contribution is 6.13. The fourth-order valence-electron chi connectivity index (χ4n) is 2.86. The van der Waals surface area contributed by atoms with Crippen LogP contribution in [-0.2, 0) is 6.54 Å². The van der Waals surface area contributed by atoms with E-state index in [0.29, 0.717) is 6.54 Å². The Hall–Kier alpha value is -3.14. The Bertz CT molecular complexity index is 906. The van der Waals surface area contributed by atoms with Crippen molar-refractivity contribution in [2.75, 3.05) is 7.11 Å². The Morgan fingerprint density at radius 1 is 0.833 bits per heavy atom. The van der Waals surface area contributed by atoms with Gasteiger partial charge in [-0.1, -0.05) is 30.3 Å². The Morgan fingerprint density at radius 2 is 1.62 bits per heavy atom. The van der Waals surface area contributed by atoms with Gasteiger partial charge < -0.3 is 9.30 Å². The molecule has 118 valence electrons. The number of aromatic nitrogens is 1. The highest BCUT2D eigenvalue weighted by Gasteiger charge is 2.17. The summed E-state index contributed by atoms with van der Waals surface area (Å²) in [6, 6.07) is 22.2. The number of hydrogen-bond donors (Lipinski definition) is 0. The summed E-state index contributed by atoms with van der Waals surface area (Å²) in [7, 11) is 1.67. The summed E-state index contributed by atoms with van der Waals surface area (Å²) >= 11 is 0. The molecule has 1 aromatic heterocycles. The van der Waals surface area contributed by atoms with Crippen LogP contribution in [0, 0.1) is 0 Å². The summed E-state index contributed by atoms with van der Waals surface area (Å²) in [5.41, 5.74) is 5.01. The second kappa shape index (κ2) is 6.16. The van der Waals surface area contributed by atoms with Gasteiger partial charge >= 0.3 is 0 Å². The third-order valence-electron chi connectivity index (χ3n) is 4.13. The van der Waals surface area contributed by atoms with E-state index in [1.165, 1.54) is 0 Å². The monoisotopic (exact) mass is 315 g/mol. The van der Waals surface area contributed by atoms with Gasteiger partial charge in [-0.2, -0.15) is 5.10 Å². The van der Waals surface area contributed by atoms with Gasteiger partial charge in [0.05, 0.1) is 25.1 Å². The fraction of sp³-hybridized carbons (Fsp3) is 0.100. The van der Waals surface area contributed by atoms with E-state index in [1.807, 2.05) is 48.5 Å². The molecular formula is C20H17N3O. The number of ether oxygens (including phenoxy) is 1. The molecule has 4 heteroatoms. The topological polar surface area (TPSA) is 38.9 Å². The lowest BCUT2D eigenvalue weighted by molar-refractivity contribution is 0.415. The Labute approximate surface area is 140 Å². The highest BCUT2D eigenvalue weighted by Crippen LogP contribution is 2.19. The molecule has 3 aromatic rings. The first-order chi connectivity index (χ1) is 11.8. The minimum absolute atomic E-state index is 0.704. The molecule has 24 heavy (non-hydrogen) atoms. The Balaban J connectivity index is 1.80.